The highest BCUT2D eigenvalue weighted by Gasteiger charge is 2.12. The van der Waals surface area contributed by atoms with E-state index in [-0.39, 0.29) is 18.1 Å². The van der Waals surface area contributed by atoms with Gasteiger partial charge in [0.15, 0.2) is 0 Å². The normalized spacial score (nSPS) is 11.5. The Morgan fingerprint density at radius 2 is 1.83 bits per heavy atom. The second-order valence-corrected chi connectivity index (χ2v) is 6.38. The van der Waals surface area contributed by atoms with Gasteiger partial charge in [-0.25, -0.2) is 8.42 Å². The Labute approximate surface area is 107 Å². The monoisotopic (exact) mass is 270 g/mol. The Morgan fingerprint density at radius 1 is 1.28 bits per heavy atom. The number of benzene rings is 1. The molecule has 0 radical (unpaired) electrons. The first-order chi connectivity index (χ1) is 8.28. The quantitative estimate of drug-likeness (QED) is 0.811. The van der Waals surface area contributed by atoms with Gasteiger partial charge < -0.3 is 5.73 Å². The van der Waals surface area contributed by atoms with E-state index in [1.807, 2.05) is 13.8 Å². The second-order valence-electron chi connectivity index (χ2n) is 4.62. The number of nitrogens with one attached hydrogen (secondary N) is 1. The Morgan fingerprint density at radius 3 is 2.28 bits per heavy atom. The Bertz CT molecular complexity index is 507. The molecule has 0 unspecified atom stereocenters. The molecule has 6 heteroatoms. The number of carbonyl (C=O) groups excluding carboxylic acids is 1. The molecule has 0 saturated carbocycles. The third kappa shape index (κ3) is 5.18. The van der Waals surface area contributed by atoms with Crippen LogP contribution in [-0.2, 0) is 21.2 Å². The minimum atomic E-state index is -3.31. The summed E-state index contributed by atoms with van der Waals surface area (Å²) in [6.07, 6.45) is 0.152. The van der Waals surface area contributed by atoms with E-state index in [2.05, 4.69) is 4.72 Å². The van der Waals surface area contributed by atoms with Crippen molar-refractivity contribution in [2.24, 2.45) is 11.7 Å². The number of hydrogen-bond donors (Lipinski definition) is 2. The van der Waals surface area contributed by atoms with Crippen LogP contribution < -0.4 is 10.5 Å². The maximum atomic E-state index is 11.7. The molecule has 5 nitrogen and oxygen atoms in total. The van der Waals surface area contributed by atoms with Crippen LogP contribution in [0.5, 0.6) is 0 Å². The van der Waals surface area contributed by atoms with E-state index in [1.165, 1.54) is 0 Å². The number of hydrogen-bond acceptors (Lipinski definition) is 3. The standard InChI is InChI=1S/C12H18N2O3S/c1-9(2)8-18(16,17)14-11-5-3-10(4-6-11)7-12(13)15/h3-6,9,14H,7-8H2,1-2H3,(H2,13,15). The van der Waals surface area contributed by atoms with Gasteiger partial charge in [-0.1, -0.05) is 26.0 Å². The van der Waals surface area contributed by atoms with E-state index in [0.717, 1.165) is 5.56 Å². The molecule has 0 heterocycles. The van der Waals surface area contributed by atoms with Crippen molar-refractivity contribution in [2.75, 3.05) is 10.5 Å². The van der Waals surface area contributed by atoms with Gasteiger partial charge in [0.1, 0.15) is 0 Å². The number of nitrogens with two attached hydrogens (primary N) is 1. The summed E-state index contributed by atoms with van der Waals surface area (Å²) in [4.78, 5) is 10.7. The molecule has 18 heavy (non-hydrogen) atoms. The fourth-order valence-corrected chi connectivity index (χ4v) is 3.01. The first-order valence-electron chi connectivity index (χ1n) is 5.66. The lowest BCUT2D eigenvalue weighted by molar-refractivity contribution is -0.117. The number of anilines is 1. The summed E-state index contributed by atoms with van der Waals surface area (Å²) in [5, 5.41) is 0. The van der Waals surface area contributed by atoms with Gasteiger partial charge in [0.25, 0.3) is 0 Å². The number of sulfonamides is 1. The summed E-state index contributed by atoms with van der Waals surface area (Å²) in [6, 6.07) is 6.60. The topological polar surface area (TPSA) is 89.3 Å². The number of carbonyl (C=O) groups is 1. The Kier molecular flexibility index (Phi) is 4.72. The third-order valence-corrected chi connectivity index (χ3v) is 3.81. The molecule has 0 fully saturated rings. The van der Waals surface area contributed by atoms with Crippen molar-refractivity contribution in [3.05, 3.63) is 29.8 Å². The maximum absolute atomic E-state index is 11.7. The molecule has 1 aromatic rings. The molecule has 1 rings (SSSR count). The van der Waals surface area contributed by atoms with Crippen LogP contribution in [0.2, 0.25) is 0 Å². The zero-order chi connectivity index (χ0) is 13.8. The maximum Gasteiger partial charge on any atom is 0.232 e. The van der Waals surface area contributed by atoms with Crippen molar-refractivity contribution >= 4 is 21.6 Å². The molecule has 1 aromatic carbocycles. The van der Waals surface area contributed by atoms with Crippen LogP contribution in [0.1, 0.15) is 19.4 Å². The van der Waals surface area contributed by atoms with Crippen LogP contribution in [-0.4, -0.2) is 20.1 Å². The summed E-state index contributed by atoms with van der Waals surface area (Å²) >= 11 is 0. The average molecular weight is 270 g/mol. The lowest BCUT2D eigenvalue weighted by atomic mass is 10.1. The van der Waals surface area contributed by atoms with E-state index < -0.39 is 15.9 Å². The van der Waals surface area contributed by atoms with Crippen LogP contribution >= 0.6 is 0 Å². The molecule has 0 aliphatic carbocycles. The van der Waals surface area contributed by atoms with Crippen molar-refractivity contribution in [3.63, 3.8) is 0 Å². The molecule has 0 saturated heterocycles. The molecule has 0 atom stereocenters. The number of amides is 1. The lowest BCUT2D eigenvalue weighted by Gasteiger charge is -2.10. The van der Waals surface area contributed by atoms with Gasteiger partial charge in [-0.2, -0.15) is 0 Å². The van der Waals surface area contributed by atoms with E-state index in [4.69, 9.17) is 5.73 Å². The molecule has 0 aliphatic rings. The molecule has 1 amide bonds. The van der Waals surface area contributed by atoms with Crippen molar-refractivity contribution in [1.29, 1.82) is 0 Å². The van der Waals surface area contributed by atoms with Gasteiger partial charge in [0.05, 0.1) is 12.2 Å². The van der Waals surface area contributed by atoms with Gasteiger partial charge in [0, 0.05) is 5.69 Å². The van der Waals surface area contributed by atoms with Crippen LogP contribution in [0.4, 0.5) is 5.69 Å². The van der Waals surface area contributed by atoms with Crippen LogP contribution in [0.3, 0.4) is 0 Å². The zero-order valence-electron chi connectivity index (χ0n) is 10.5. The zero-order valence-corrected chi connectivity index (χ0v) is 11.3. The smallest absolute Gasteiger partial charge is 0.232 e. The highest BCUT2D eigenvalue weighted by Crippen LogP contribution is 2.13. The molecule has 0 aromatic heterocycles. The van der Waals surface area contributed by atoms with Gasteiger partial charge in [-0.05, 0) is 23.6 Å². The van der Waals surface area contributed by atoms with Crippen molar-refractivity contribution in [3.8, 4) is 0 Å². The number of primary amides is 1. The molecular weight excluding hydrogens is 252 g/mol. The summed E-state index contributed by atoms with van der Waals surface area (Å²) in [5.74, 6) is -0.268. The van der Waals surface area contributed by atoms with E-state index in [1.54, 1.807) is 24.3 Å². The van der Waals surface area contributed by atoms with E-state index in [9.17, 15) is 13.2 Å². The first-order valence-corrected chi connectivity index (χ1v) is 7.31. The lowest BCUT2D eigenvalue weighted by Crippen LogP contribution is -2.20. The first kappa shape index (κ1) is 14.5. The van der Waals surface area contributed by atoms with Gasteiger partial charge >= 0.3 is 0 Å². The summed E-state index contributed by atoms with van der Waals surface area (Å²) in [5.41, 5.74) is 6.32. The third-order valence-electron chi connectivity index (χ3n) is 2.16. The highest BCUT2D eigenvalue weighted by atomic mass is 32.2. The van der Waals surface area contributed by atoms with Gasteiger partial charge in [-0.3, -0.25) is 9.52 Å². The summed E-state index contributed by atoms with van der Waals surface area (Å²) in [7, 11) is -3.31. The fraction of sp³-hybridized carbons (Fsp3) is 0.417. The molecule has 0 spiro atoms. The molecule has 3 N–H and O–H groups in total. The molecular formula is C12H18N2O3S. The predicted molar refractivity (Wildman–Crippen MR) is 71.6 cm³/mol. The summed E-state index contributed by atoms with van der Waals surface area (Å²) < 4.78 is 25.9. The van der Waals surface area contributed by atoms with Crippen molar-refractivity contribution < 1.29 is 13.2 Å². The largest absolute Gasteiger partial charge is 0.369 e. The van der Waals surface area contributed by atoms with E-state index >= 15 is 0 Å². The highest BCUT2D eigenvalue weighted by molar-refractivity contribution is 7.92. The van der Waals surface area contributed by atoms with Crippen molar-refractivity contribution in [2.45, 2.75) is 20.3 Å². The summed E-state index contributed by atoms with van der Waals surface area (Å²) in [6.45, 7) is 3.68. The fourth-order valence-electron chi connectivity index (χ4n) is 1.55. The average Bonchev–Trinajstić information content (AvgIpc) is 2.17. The molecule has 0 aliphatic heterocycles. The van der Waals surface area contributed by atoms with Gasteiger partial charge in [-0.15, -0.1) is 0 Å². The van der Waals surface area contributed by atoms with Crippen LogP contribution in [0.25, 0.3) is 0 Å². The van der Waals surface area contributed by atoms with Crippen LogP contribution in [0.15, 0.2) is 24.3 Å². The number of rotatable bonds is 6. The molecule has 100 valence electrons. The van der Waals surface area contributed by atoms with Gasteiger partial charge in [0.2, 0.25) is 15.9 Å². The Hall–Kier alpha value is -1.56. The minimum Gasteiger partial charge on any atom is -0.369 e. The minimum absolute atomic E-state index is 0.0663. The van der Waals surface area contributed by atoms with E-state index in [0.29, 0.717) is 5.69 Å². The SMILES string of the molecule is CC(C)CS(=O)(=O)Nc1ccc(CC(N)=O)cc1. The van der Waals surface area contributed by atoms with Crippen LogP contribution in [0, 0.1) is 5.92 Å². The Balaban J connectivity index is 2.72. The predicted octanol–water partition coefficient (Wildman–Crippen LogP) is 1.11. The van der Waals surface area contributed by atoms with Crippen molar-refractivity contribution in [1.82, 2.24) is 0 Å². The second kappa shape index (κ2) is 5.86. The molecule has 0 bridgehead atoms.